The number of carbonyl (C=O) groups excluding carboxylic acids is 4. The molecule has 0 N–H and O–H groups in total. The third-order valence-electron chi connectivity index (χ3n) is 11.6. The van der Waals surface area contributed by atoms with Crippen LogP contribution in [0.2, 0.25) is 0 Å². The summed E-state index contributed by atoms with van der Waals surface area (Å²) < 4.78 is 82.9. The average molecular weight is 636 g/mol. The van der Waals surface area contributed by atoms with Crippen LogP contribution in [0, 0.1) is 46.3 Å². The van der Waals surface area contributed by atoms with Crippen molar-refractivity contribution in [1.82, 2.24) is 0 Å². The third-order valence-corrected chi connectivity index (χ3v) is 12.5. The Labute approximate surface area is 250 Å². The second-order valence-corrected chi connectivity index (χ2v) is 15.2. The van der Waals surface area contributed by atoms with E-state index >= 15 is 0 Å². The number of halogens is 3. The van der Waals surface area contributed by atoms with Crippen LogP contribution < -0.4 is 0 Å². The molecule has 9 nitrogen and oxygen atoms in total. The number of ether oxygens (including phenoxy) is 2. The standard InChI is InChI=1S/C30H43F3O9S/c1-16(5-8-26(37)41-12-10-24(31)30(32,33)43(38,39)40)20-6-7-21-27-22(15-25(29(20,21)4)42-17(2)34)28(3)11-9-19(35)13-18(28)14-23(27)36/h16,18,20-22,24-25,27H,5-15H2,1-4H3,(H,38,39,40)/p-1. The van der Waals surface area contributed by atoms with Crippen molar-refractivity contribution in [1.29, 1.82) is 0 Å². The zero-order valence-corrected chi connectivity index (χ0v) is 25.9. The summed E-state index contributed by atoms with van der Waals surface area (Å²) in [6, 6.07) is 0. The molecule has 43 heavy (non-hydrogen) atoms. The summed E-state index contributed by atoms with van der Waals surface area (Å²) in [5, 5.41) is -5.12. The lowest BCUT2D eigenvalue weighted by Crippen LogP contribution is -2.61. The van der Waals surface area contributed by atoms with Gasteiger partial charge in [-0.1, -0.05) is 20.8 Å². The van der Waals surface area contributed by atoms with Crippen LogP contribution in [0.4, 0.5) is 13.2 Å². The molecule has 0 radical (unpaired) electrons. The van der Waals surface area contributed by atoms with Crippen LogP contribution in [0.25, 0.3) is 0 Å². The third kappa shape index (κ3) is 6.13. The predicted molar refractivity (Wildman–Crippen MR) is 145 cm³/mol. The van der Waals surface area contributed by atoms with Gasteiger partial charge in [-0.3, -0.25) is 19.2 Å². The molecule has 0 saturated heterocycles. The lowest BCUT2D eigenvalue weighted by molar-refractivity contribution is -0.193. The molecule has 10 unspecified atom stereocenters. The molecule has 4 aliphatic rings. The molecule has 0 bridgehead atoms. The van der Waals surface area contributed by atoms with Crippen molar-refractivity contribution in [2.75, 3.05) is 6.61 Å². The van der Waals surface area contributed by atoms with E-state index < -0.39 is 58.0 Å². The largest absolute Gasteiger partial charge is 0.743 e. The molecule has 244 valence electrons. The minimum Gasteiger partial charge on any atom is -0.743 e. The molecule has 0 aromatic carbocycles. The highest BCUT2D eigenvalue weighted by molar-refractivity contribution is 7.86. The Morgan fingerprint density at radius 3 is 2.42 bits per heavy atom. The van der Waals surface area contributed by atoms with Gasteiger partial charge in [-0.05, 0) is 67.1 Å². The maximum Gasteiger partial charge on any atom is 0.364 e. The number of ketones is 2. The summed E-state index contributed by atoms with van der Waals surface area (Å²) in [6.07, 6.45) is -0.615. The Hall–Kier alpha value is -2.02. The van der Waals surface area contributed by atoms with Gasteiger partial charge in [-0.15, -0.1) is 0 Å². The Balaban J connectivity index is 1.44. The second-order valence-electron chi connectivity index (χ2n) is 13.7. The fourth-order valence-corrected chi connectivity index (χ4v) is 9.66. The van der Waals surface area contributed by atoms with Gasteiger partial charge in [-0.25, -0.2) is 12.8 Å². The summed E-state index contributed by atoms with van der Waals surface area (Å²) in [5.41, 5.74) is -0.726. The number of hydrogen-bond donors (Lipinski definition) is 0. The lowest BCUT2D eigenvalue weighted by atomic mass is 9.43. The molecule has 4 aliphatic carbocycles. The summed E-state index contributed by atoms with van der Waals surface area (Å²) in [4.78, 5) is 50.6. The number of rotatable bonds is 10. The van der Waals surface area contributed by atoms with Gasteiger partial charge < -0.3 is 14.0 Å². The number of carbonyl (C=O) groups is 4. The number of alkyl halides is 3. The fraction of sp³-hybridized carbons (Fsp3) is 0.867. The van der Waals surface area contributed by atoms with E-state index in [4.69, 9.17) is 9.47 Å². The Morgan fingerprint density at radius 2 is 1.79 bits per heavy atom. The lowest BCUT2D eigenvalue weighted by Gasteiger charge is -2.61. The fourth-order valence-electron chi connectivity index (χ4n) is 9.23. The monoisotopic (exact) mass is 635 g/mol. The normalized spacial score (nSPS) is 37.5. The van der Waals surface area contributed by atoms with Gasteiger partial charge in [-0.2, -0.15) is 8.78 Å². The molecule has 10 atom stereocenters. The number of fused-ring (bicyclic) bond motifs is 5. The summed E-state index contributed by atoms with van der Waals surface area (Å²) in [6.45, 7) is 6.79. The Kier molecular flexibility index (Phi) is 9.50. The topological polar surface area (TPSA) is 144 Å². The van der Waals surface area contributed by atoms with E-state index in [2.05, 4.69) is 13.8 Å². The highest BCUT2D eigenvalue weighted by Gasteiger charge is 2.67. The van der Waals surface area contributed by atoms with E-state index in [1.54, 1.807) is 0 Å². The van der Waals surface area contributed by atoms with Gasteiger partial charge in [0.05, 0.1) is 6.61 Å². The van der Waals surface area contributed by atoms with Crippen molar-refractivity contribution in [2.24, 2.45) is 46.3 Å². The molecule has 0 spiro atoms. The maximum absolute atomic E-state index is 13.7. The van der Waals surface area contributed by atoms with Crippen LogP contribution in [-0.4, -0.2) is 60.6 Å². The first-order valence-corrected chi connectivity index (χ1v) is 16.6. The molecule has 4 fully saturated rings. The summed E-state index contributed by atoms with van der Waals surface area (Å²) in [7, 11) is -6.20. The van der Waals surface area contributed by atoms with E-state index in [9.17, 15) is 45.3 Å². The molecule has 13 heteroatoms. The van der Waals surface area contributed by atoms with Crippen molar-refractivity contribution in [3.05, 3.63) is 0 Å². The molecule has 0 heterocycles. The van der Waals surface area contributed by atoms with Crippen LogP contribution in [-0.2, 0) is 38.8 Å². The van der Waals surface area contributed by atoms with Crippen molar-refractivity contribution >= 4 is 33.6 Å². The average Bonchev–Trinajstić information content (AvgIpc) is 3.26. The van der Waals surface area contributed by atoms with Gasteiger partial charge in [0.25, 0.3) is 0 Å². The van der Waals surface area contributed by atoms with Crippen LogP contribution in [0.5, 0.6) is 0 Å². The molecule has 0 aromatic rings. The first kappa shape index (κ1) is 33.9. The molecule has 4 saturated carbocycles. The zero-order chi connectivity index (χ0) is 32.1. The van der Waals surface area contributed by atoms with Crippen LogP contribution >= 0.6 is 0 Å². The van der Waals surface area contributed by atoms with Crippen molar-refractivity contribution in [3.63, 3.8) is 0 Å². The molecule has 4 rings (SSSR count). The number of esters is 2. The molecule has 0 aromatic heterocycles. The minimum atomic E-state index is -6.20. The Bertz CT molecular complexity index is 1240. The molecule has 0 aliphatic heterocycles. The summed E-state index contributed by atoms with van der Waals surface area (Å²) >= 11 is 0. The quantitative estimate of drug-likeness (QED) is 0.245. The zero-order valence-electron chi connectivity index (χ0n) is 25.1. The highest BCUT2D eigenvalue weighted by atomic mass is 32.2. The SMILES string of the molecule is CC(=O)OC1CC2C(C(=O)CC3CC(=O)CCC32C)C2CCC(C(C)CCC(=O)OCCC(F)C(F)(F)S(=O)(=O)[O-])C12C. The van der Waals surface area contributed by atoms with E-state index in [0.29, 0.717) is 32.1 Å². The van der Waals surface area contributed by atoms with Gasteiger partial charge in [0.1, 0.15) is 17.7 Å². The van der Waals surface area contributed by atoms with E-state index in [0.717, 1.165) is 19.3 Å². The van der Waals surface area contributed by atoms with E-state index in [-0.39, 0.29) is 58.9 Å². The first-order valence-electron chi connectivity index (χ1n) is 15.2. The van der Waals surface area contributed by atoms with E-state index in [1.807, 2.05) is 6.92 Å². The molecule has 0 amide bonds. The van der Waals surface area contributed by atoms with Gasteiger partial charge in [0.2, 0.25) is 0 Å². The predicted octanol–water partition coefficient (Wildman–Crippen LogP) is 4.76. The highest BCUT2D eigenvalue weighted by Crippen LogP contribution is 2.68. The van der Waals surface area contributed by atoms with E-state index in [1.165, 1.54) is 6.92 Å². The summed E-state index contributed by atoms with van der Waals surface area (Å²) in [5.74, 6) is -1.12. The van der Waals surface area contributed by atoms with Crippen LogP contribution in [0.1, 0.15) is 91.9 Å². The second kappa shape index (κ2) is 12.1. The minimum absolute atomic E-state index is 0.00150. The molecular formula is C30H42F3O9S-. The molecular weight excluding hydrogens is 593 g/mol. The smallest absolute Gasteiger partial charge is 0.364 e. The van der Waals surface area contributed by atoms with Gasteiger partial charge >= 0.3 is 17.2 Å². The maximum atomic E-state index is 13.7. The van der Waals surface area contributed by atoms with Crippen molar-refractivity contribution < 1.29 is 54.8 Å². The first-order chi connectivity index (χ1) is 19.8. The number of hydrogen-bond acceptors (Lipinski definition) is 9. The van der Waals surface area contributed by atoms with Crippen molar-refractivity contribution in [3.8, 4) is 0 Å². The van der Waals surface area contributed by atoms with Gasteiger partial charge in [0.15, 0.2) is 16.3 Å². The number of Topliss-reactive ketones (excluding diaryl/α,β-unsaturated/α-hetero) is 2. The Morgan fingerprint density at radius 1 is 1.12 bits per heavy atom. The van der Waals surface area contributed by atoms with Gasteiger partial charge in [0, 0.05) is 50.4 Å². The van der Waals surface area contributed by atoms with Crippen LogP contribution in [0.15, 0.2) is 0 Å². The van der Waals surface area contributed by atoms with Crippen molar-refractivity contribution in [2.45, 2.75) is 109 Å². The van der Waals surface area contributed by atoms with Crippen LogP contribution in [0.3, 0.4) is 0 Å².